The molecule has 0 bridgehead atoms. The SMILES string of the molecule is Cc1ccc(C2=CC(C)NN2C2C=CC(S(C)(=O)=O)=CC2)cc1. The highest BCUT2D eigenvalue weighted by Crippen LogP contribution is 2.29. The van der Waals surface area contributed by atoms with Gasteiger partial charge in [0, 0.05) is 12.3 Å². The summed E-state index contributed by atoms with van der Waals surface area (Å²) in [4.78, 5) is 0.405. The summed E-state index contributed by atoms with van der Waals surface area (Å²) in [5.74, 6) is 0. The first-order valence-electron chi connectivity index (χ1n) is 7.77. The molecule has 1 aliphatic carbocycles. The van der Waals surface area contributed by atoms with Gasteiger partial charge >= 0.3 is 0 Å². The molecule has 3 rings (SSSR count). The summed E-state index contributed by atoms with van der Waals surface area (Å²) < 4.78 is 23.2. The molecule has 4 nitrogen and oxygen atoms in total. The summed E-state index contributed by atoms with van der Waals surface area (Å²) in [7, 11) is -3.13. The van der Waals surface area contributed by atoms with E-state index in [9.17, 15) is 8.42 Å². The number of allylic oxidation sites excluding steroid dienone is 1. The zero-order valence-corrected chi connectivity index (χ0v) is 14.5. The van der Waals surface area contributed by atoms with Gasteiger partial charge in [-0.25, -0.2) is 13.8 Å². The molecule has 1 N–H and O–H groups in total. The van der Waals surface area contributed by atoms with Crippen LogP contribution in [0.4, 0.5) is 0 Å². The van der Waals surface area contributed by atoms with Crippen LogP contribution in [-0.2, 0) is 9.84 Å². The Morgan fingerprint density at radius 3 is 2.48 bits per heavy atom. The fraction of sp³-hybridized carbons (Fsp3) is 0.333. The van der Waals surface area contributed by atoms with Crippen LogP contribution >= 0.6 is 0 Å². The van der Waals surface area contributed by atoms with Gasteiger partial charge in [-0.15, -0.1) is 0 Å². The zero-order chi connectivity index (χ0) is 16.6. The molecule has 23 heavy (non-hydrogen) atoms. The second-order valence-electron chi connectivity index (χ2n) is 6.25. The number of nitrogens with one attached hydrogen (secondary N) is 1. The topological polar surface area (TPSA) is 49.4 Å². The molecule has 0 radical (unpaired) electrons. The van der Waals surface area contributed by atoms with Crippen molar-refractivity contribution < 1.29 is 8.42 Å². The maximum Gasteiger partial charge on any atom is 0.175 e. The summed E-state index contributed by atoms with van der Waals surface area (Å²) in [6.07, 6.45) is 9.59. The predicted molar refractivity (Wildman–Crippen MR) is 94.1 cm³/mol. The molecule has 1 aromatic rings. The molecule has 0 saturated heterocycles. The highest BCUT2D eigenvalue weighted by atomic mass is 32.2. The van der Waals surface area contributed by atoms with Crippen LogP contribution in [0, 0.1) is 6.92 Å². The Balaban J connectivity index is 1.84. The summed E-state index contributed by atoms with van der Waals surface area (Å²) in [5, 5.41) is 2.14. The number of sulfone groups is 1. The first kappa shape index (κ1) is 16.0. The number of aryl methyl sites for hydroxylation is 1. The number of hydrogen-bond acceptors (Lipinski definition) is 4. The fourth-order valence-corrected chi connectivity index (χ4v) is 3.66. The van der Waals surface area contributed by atoms with Gasteiger partial charge in [-0.3, -0.25) is 0 Å². The maximum atomic E-state index is 11.6. The average Bonchev–Trinajstić information content (AvgIpc) is 2.89. The third-order valence-electron chi connectivity index (χ3n) is 4.16. The Labute approximate surface area is 138 Å². The lowest BCUT2D eigenvalue weighted by Crippen LogP contribution is -2.42. The molecular weight excluding hydrogens is 308 g/mol. The quantitative estimate of drug-likeness (QED) is 0.926. The van der Waals surface area contributed by atoms with E-state index in [2.05, 4.69) is 54.6 Å². The highest BCUT2D eigenvalue weighted by Gasteiger charge is 2.28. The molecule has 1 aliphatic heterocycles. The molecule has 0 saturated carbocycles. The van der Waals surface area contributed by atoms with Crippen molar-refractivity contribution in [2.75, 3.05) is 6.26 Å². The lowest BCUT2D eigenvalue weighted by molar-refractivity contribution is 0.250. The van der Waals surface area contributed by atoms with Crippen LogP contribution in [0.5, 0.6) is 0 Å². The molecule has 5 heteroatoms. The van der Waals surface area contributed by atoms with E-state index >= 15 is 0 Å². The van der Waals surface area contributed by atoms with Gasteiger partial charge in [-0.05, 0) is 38.0 Å². The van der Waals surface area contributed by atoms with Crippen LogP contribution in [0.1, 0.15) is 24.5 Å². The first-order chi connectivity index (χ1) is 10.8. The predicted octanol–water partition coefficient (Wildman–Crippen LogP) is 2.80. The molecule has 2 aliphatic rings. The molecule has 1 aromatic carbocycles. The molecule has 0 amide bonds. The summed E-state index contributed by atoms with van der Waals surface area (Å²) >= 11 is 0. The van der Waals surface area contributed by atoms with Crippen LogP contribution in [-0.4, -0.2) is 31.8 Å². The van der Waals surface area contributed by atoms with Crippen molar-refractivity contribution in [1.82, 2.24) is 10.4 Å². The van der Waals surface area contributed by atoms with Crippen molar-refractivity contribution in [2.24, 2.45) is 0 Å². The Kier molecular flexibility index (Phi) is 4.17. The van der Waals surface area contributed by atoms with Gasteiger partial charge in [0.1, 0.15) is 0 Å². The highest BCUT2D eigenvalue weighted by molar-refractivity contribution is 7.94. The van der Waals surface area contributed by atoms with Gasteiger partial charge in [-0.1, -0.05) is 42.0 Å². The van der Waals surface area contributed by atoms with E-state index in [1.165, 1.54) is 17.4 Å². The molecule has 0 spiro atoms. The van der Waals surface area contributed by atoms with Gasteiger partial charge in [0.2, 0.25) is 0 Å². The summed E-state index contributed by atoms with van der Waals surface area (Å²) in [6.45, 7) is 4.19. The van der Waals surface area contributed by atoms with Crippen molar-refractivity contribution >= 4 is 15.5 Å². The summed E-state index contributed by atoms with van der Waals surface area (Å²) in [6, 6.07) is 8.82. The van der Waals surface area contributed by atoms with Gasteiger partial charge in [0.15, 0.2) is 9.84 Å². The van der Waals surface area contributed by atoms with Crippen LogP contribution < -0.4 is 5.43 Å². The van der Waals surface area contributed by atoms with Crippen LogP contribution in [0.15, 0.2) is 53.5 Å². The Morgan fingerprint density at radius 2 is 1.91 bits per heavy atom. The molecule has 2 atom stereocenters. The normalized spacial score (nSPS) is 24.6. The lowest BCUT2D eigenvalue weighted by atomic mass is 10.0. The molecule has 122 valence electrons. The number of hydrazine groups is 1. The van der Waals surface area contributed by atoms with Crippen LogP contribution in [0.25, 0.3) is 5.70 Å². The van der Waals surface area contributed by atoms with Gasteiger partial charge in [-0.2, -0.15) is 0 Å². The van der Waals surface area contributed by atoms with Crippen molar-refractivity contribution in [3.05, 3.63) is 64.6 Å². The molecule has 2 unspecified atom stereocenters. The van der Waals surface area contributed by atoms with Gasteiger partial charge in [0.25, 0.3) is 0 Å². The monoisotopic (exact) mass is 330 g/mol. The lowest BCUT2D eigenvalue weighted by Gasteiger charge is -2.31. The van der Waals surface area contributed by atoms with Crippen LogP contribution in [0.3, 0.4) is 0 Å². The van der Waals surface area contributed by atoms with E-state index in [0.717, 1.165) is 5.70 Å². The minimum atomic E-state index is -3.13. The zero-order valence-electron chi connectivity index (χ0n) is 13.7. The van der Waals surface area contributed by atoms with Crippen molar-refractivity contribution in [3.8, 4) is 0 Å². The largest absolute Gasteiger partial charge is 0.300 e. The second kappa shape index (κ2) is 5.98. The Hall–Kier alpha value is -1.85. The number of benzene rings is 1. The Bertz CT molecular complexity index is 789. The van der Waals surface area contributed by atoms with Crippen molar-refractivity contribution in [2.45, 2.75) is 32.4 Å². The molecule has 0 fully saturated rings. The van der Waals surface area contributed by atoms with E-state index < -0.39 is 9.84 Å². The smallest absolute Gasteiger partial charge is 0.175 e. The van der Waals surface area contributed by atoms with E-state index in [1.807, 2.05) is 6.08 Å². The van der Waals surface area contributed by atoms with Gasteiger partial charge < -0.3 is 5.01 Å². The molecule has 1 heterocycles. The third-order valence-corrected chi connectivity index (χ3v) is 5.32. The van der Waals surface area contributed by atoms with Crippen molar-refractivity contribution in [3.63, 3.8) is 0 Å². The first-order valence-corrected chi connectivity index (χ1v) is 9.66. The van der Waals surface area contributed by atoms with Crippen LogP contribution in [0.2, 0.25) is 0 Å². The van der Waals surface area contributed by atoms with E-state index in [1.54, 1.807) is 12.2 Å². The average molecular weight is 330 g/mol. The number of rotatable bonds is 3. The summed E-state index contributed by atoms with van der Waals surface area (Å²) in [5.41, 5.74) is 6.99. The van der Waals surface area contributed by atoms with E-state index in [4.69, 9.17) is 0 Å². The number of hydrogen-bond donors (Lipinski definition) is 1. The minimum absolute atomic E-state index is 0.109. The van der Waals surface area contributed by atoms with Crippen molar-refractivity contribution in [1.29, 1.82) is 0 Å². The third kappa shape index (κ3) is 3.41. The standard InChI is InChI=1S/C18H22N2O2S/c1-13-4-6-15(7-5-13)18-12-14(2)19-20(18)16-8-10-17(11-9-16)23(3,21)22/h4-8,10-12,14,16,19H,9H2,1-3H3. The fourth-order valence-electron chi connectivity index (χ4n) is 2.93. The van der Waals surface area contributed by atoms with E-state index in [0.29, 0.717) is 11.3 Å². The van der Waals surface area contributed by atoms with Gasteiger partial charge in [0.05, 0.1) is 16.6 Å². The second-order valence-corrected chi connectivity index (χ2v) is 8.26. The molecule has 0 aromatic heterocycles. The van der Waals surface area contributed by atoms with E-state index in [-0.39, 0.29) is 12.1 Å². The minimum Gasteiger partial charge on any atom is -0.300 e. The molecular formula is C18H22N2O2S. The number of nitrogens with zero attached hydrogens (tertiary/aromatic N) is 1. The maximum absolute atomic E-state index is 11.6. The Morgan fingerprint density at radius 1 is 1.22 bits per heavy atom.